The Bertz CT molecular complexity index is 300. The zero-order valence-corrected chi connectivity index (χ0v) is 7.72. The van der Waals surface area contributed by atoms with Crippen LogP contribution in [0.2, 0.25) is 0 Å². The number of hydrogen-bond donors (Lipinski definition) is 3. The largest absolute Gasteiger partial charge is 0.459 e. The van der Waals surface area contributed by atoms with E-state index in [1.807, 2.05) is 5.43 Å². The van der Waals surface area contributed by atoms with Gasteiger partial charge in [0.25, 0.3) is 5.96 Å². The number of nitrogens with one attached hydrogen (secondary N) is 2. The summed E-state index contributed by atoms with van der Waals surface area (Å²) in [5.74, 6) is -2.95. The van der Waals surface area contributed by atoms with Crippen molar-refractivity contribution in [3.63, 3.8) is 0 Å². The normalized spacial score (nSPS) is 10.3. The van der Waals surface area contributed by atoms with Crippen molar-refractivity contribution in [3.8, 4) is 0 Å². The lowest BCUT2D eigenvalue weighted by molar-refractivity contribution is -0.485. The van der Waals surface area contributed by atoms with Crippen LogP contribution in [-0.4, -0.2) is 29.5 Å². The van der Waals surface area contributed by atoms with Gasteiger partial charge in [-0.25, -0.2) is 14.9 Å². The number of hydrogen-bond acceptors (Lipinski definition) is 5. The Labute approximate surface area is 83.6 Å². The molecule has 0 fully saturated rings. The van der Waals surface area contributed by atoms with Crippen molar-refractivity contribution < 1.29 is 19.4 Å². The Morgan fingerprint density at radius 3 is 2.60 bits per heavy atom. The Balaban J connectivity index is 4.01. The van der Waals surface area contributed by atoms with Crippen molar-refractivity contribution in [2.45, 2.75) is 6.92 Å². The van der Waals surface area contributed by atoms with E-state index in [9.17, 15) is 19.7 Å². The average molecular weight is 219 g/mol. The Morgan fingerprint density at radius 1 is 1.53 bits per heavy atom. The number of amides is 1. The van der Waals surface area contributed by atoms with Crippen LogP contribution in [0.15, 0.2) is 5.10 Å². The van der Waals surface area contributed by atoms with Crippen LogP contribution < -0.4 is 16.6 Å². The van der Waals surface area contributed by atoms with Crippen molar-refractivity contribution >= 4 is 17.8 Å². The Morgan fingerprint density at radius 2 is 2.13 bits per heavy atom. The molecule has 10 nitrogen and oxygen atoms in total. The number of guanidine groups is 1. The third kappa shape index (κ3) is 5.79. The molecule has 0 rings (SSSR count). The number of ether oxygens (including phenoxy) is 1. The number of carbonyl (C=O) groups excluding carboxylic acids is 2. The van der Waals surface area contributed by atoms with Gasteiger partial charge in [0.05, 0.1) is 6.61 Å². The number of hydrazine groups is 1. The third-order valence-corrected chi connectivity index (χ3v) is 0.954. The first-order valence-electron chi connectivity index (χ1n) is 3.69. The van der Waals surface area contributed by atoms with Crippen LogP contribution in [-0.2, 0) is 14.3 Å². The molecule has 10 heteroatoms. The molecule has 0 saturated carbocycles. The van der Waals surface area contributed by atoms with Gasteiger partial charge in [-0.05, 0) is 6.92 Å². The van der Waals surface area contributed by atoms with Crippen LogP contribution in [0.4, 0.5) is 0 Å². The van der Waals surface area contributed by atoms with E-state index in [1.165, 1.54) is 6.92 Å². The Kier molecular flexibility index (Phi) is 5.15. The molecule has 0 atom stereocenters. The molecule has 0 aliphatic heterocycles. The summed E-state index contributed by atoms with van der Waals surface area (Å²) in [5, 5.41) is 11.3. The highest BCUT2D eigenvalue weighted by atomic mass is 16.7. The number of esters is 1. The SMILES string of the molecule is CCOC(=O)C(=O)NNC(N)=N[N+](=O)[O-]. The summed E-state index contributed by atoms with van der Waals surface area (Å²) < 4.78 is 4.31. The van der Waals surface area contributed by atoms with Gasteiger partial charge in [0.1, 0.15) is 5.10 Å². The predicted molar refractivity (Wildman–Crippen MR) is 46.5 cm³/mol. The maximum atomic E-state index is 10.8. The predicted octanol–water partition coefficient (Wildman–Crippen LogP) is -2.32. The van der Waals surface area contributed by atoms with E-state index in [2.05, 4.69) is 9.84 Å². The van der Waals surface area contributed by atoms with Gasteiger partial charge in [-0.2, -0.15) is 0 Å². The third-order valence-electron chi connectivity index (χ3n) is 0.954. The van der Waals surface area contributed by atoms with E-state index in [-0.39, 0.29) is 6.61 Å². The van der Waals surface area contributed by atoms with Crippen molar-refractivity contribution in [3.05, 3.63) is 10.1 Å². The molecule has 0 spiro atoms. The lowest BCUT2D eigenvalue weighted by Gasteiger charge is -2.04. The van der Waals surface area contributed by atoms with Gasteiger partial charge in [0.2, 0.25) is 0 Å². The second-order valence-corrected chi connectivity index (χ2v) is 2.02. The molecule has 4 N–H and O–H groups in total. The summed E-state index contributed by atoms with van der Waals surface area (Å²) in [4.78, 5) is 31.3. The lowest BCUT2D eigenvalue weighted by atomic mass is 10.6. The van der Waals surface area contributed by atoms with Crippen LogP contribution >= 0.6 is 0 Å². The van der Waals surface area contributed by atoms with Crippen LogP contribution in [0.1, 0.15) is 6.92 Å². The zero-order chi connectivity index (χ0) is 11.8. The first-order valence-corrected chi connectivity index (χ1v) is 3.69. The number of nitrogens with zero attached hydrogens (tertiary/aromatic N) is 2. The van der Waals surface area contributed by atoms with Gasteiger partial charge in [0, 0.05) is 0 Å². The summed E-state index contributed by atoms with van der Waals surface area (Å²) in [6.45, 7) is 1.55. The summed E-state index contributed by atoms with van der Waals surface area (Å²) in [6, 6.07) is 0. The van der Waals surface area contributed by atoms with Crippen molar-refractivity contribution in [1.82, 2.24) is 10.9 Å². The minimum atomic E-state index is -1.14. The molecule has 0 aromatic carbocycles. The van der Waals surface area contributed by atoms with E-state index in [0.717, 1.165) is 0 Å². The quantitative estimate of drug-likeness (QED) is 0.118. The average Bonchev–Trinajstić information content (AvgIpc) is 2.13. The molecule has 0 radical (unpaired) electrons. The van der Waals surface area contributed by atoms with E-state index in [4.69, 9.17) is 5.73 Å². The highest BCUT2D eigenvalue weighted by molar-refractivity contribution is 6.32. The van der Waals surface area contributed by atoms with Crippen LogP contribution in [0.3, 0.4) is 0 Å². The number of rotatable bonds is 2. The van der Waals surface area contributed by atoms with Crippen LogP contribution in [0.5, 0.6) is 0 Å². The molecule has 1 amide bonds. The maximum absolute atomic E-state index is 10.8. The summed E-state index contributed by atoms with van der Waals surface area (Å²) >= 11 is 0. The van der Waals surface area contributed by atoms with Crippen molar-refractivity contribution in [2.75, 3.05) is 6.61 Å². The summed E-state index contributed by atoms with van der Waals surface area (Å²) in [6.07, 6.45) is 0. The second kappa shape index (κ2) is 6.12. The Hall–Kier alpha value is -2.39. The smallest absolute Gasteiger partial charge is 0.398 e. The fourth-order valence-electron chi connectivity index (χ4n) is 0.481. The lowest BCUT2D eigenvalue weighted by Crippen LogP contribution is -2.48. The summed E-state index contributed by atoms with van der Waals surface area (Å²) in [7, 11) is 0. The monoisotopic (exact) mass is 219 g/mol. The zero-order valence-electron chi connectivity index (χ0n) is 7.72. The molecule has 0 aliphatic rings. The fraction of sp³-hybridized carbons (Fsp3) is 0.400. The van der Waals surface area contributed by atoms with Gasteiger partial charge in [-0.1, -0.05) is 0 Å². The van der Waals surface area contributed by atoms with Gasteiger partial charge in [-0.3, -0.25) is 15.6 Å². The fourth-order valence-corrected chi connectivity index (χ4v) is 0.481. The van der Waals surface area contributed by atoms with E-state index in [1.54, 1.807) is 5.43 Å². The van der Waals surface area contributed by atoms with Crippen LogP contribution in [0, 0.1) is 10.1 Å². The van der Waals surface area contributed by atoms with Gasteiger partial charge < -0.3 is 10.5 Å². The highest BCUT2D eigenvalue weighted by Crippen LogP contribution is 1.76. The topological polar surface area (TPSA) is 149 Å². The minimum absolute atomic E-state index is 0.0325. The molecular formula is C5H9N5O5. The van der Waals surface area contributed by atoms with E-state index in [0.29, 0.717) is 0 Å². The highest BCUT2D eigenvalue weighted by Gasteiger charge is 2.14. The van der Waals surface area contributed by atoms with Crippen molar-refractivity contribution in [1.29, 1.82) is 0 Å². The number of nitrogens with two attached hydrogens (primary N) is 1. The standard InChI is InChI=1S/C5H9N5O5/c1-2-15-4(12)3(11)7-8-5(6)9-10(13)14/h2H2,1H3,(H,7,11)(H3,6,8,9). The van der Waals surface area contributed by atoms with E-state index >= 15 is 0 Å². The van der Waals surface area contributed by atoms with Gasteiger partial charge in [0.15, 0.2) is 5.03 Å². The molecule has 0 saturated heterocycles. The first-order chi connectivity index (χ1) is 6.97. The van der Waals surface area contributed by atoms with Crippen molar-refractivity contribution in [2.24, 2.45) is 10.8 Å². The molecule has 15 heavy (non-hydrogen) atoms. The van der Waals surface area contributed by atoms with Gasteiger partial charge in [-0.15, -0.1) is 0 Å². The number of hydrazone groups is 1. The second-order valence-electron chi connectivity index (χ2n) is 2.02. The van der Waals surface area contributed by atoms with E-state index < -0.39 is 22.9 Å². The first kappa shape index (κ1) is 12.6. The summed E-state index contributed by atoms with van der Waals surface area (Å²) in [5.41, 5.74) is 8.51. The molecule has 0 aromatic rings. The molecule has 0 bridgehead atoms. The van der Waals surface area contributed by atoms with Gasteiger partial charge >= 0.3 is 11.9 Å². The number of nitro groups is 1. The maximum Gasteiger partial charge on any atom is 0.398 e. The molecule has 0 heterocycles. The molecular weight excluding hydrogens is 210 g/mol. The number of carbonyl (C=O) groups is 2. The minimum Gasteiger partial charge on any atom is -0.459 e. The molecule has 0 aromatic heterocycles. The molecule has 0 unspecified atom stereocenters. The van der Waals surface area contributed by atoms with Crippen LogP contribution in [0.25, 0.3) is 0 Å². The molecule has 84 valence electrons. The molecule has 0 aliphatic carbocycles.